The summed E-state index contributed by atoms with van der Waals surface area (Å²) >= 11 is 0. The zero-order chi connectivity index (χ0) is 8.81. The molecule has 0 spiro atoms. The number of hydrogen-bond acceptors (Lipinski definition) is 4. The molecule has 0 amide bonds. The third-order valence-electron chi connectivity index (χ3n) is 2.08. The van der Waals surface area contributed by atoms with Crippen molar-refractivity contribution in [2.45, 2.75) is 19.4 Å². The monoisotopic (exact) mass is 206 g/mol. The van der Waals surface area contributed by atoms with Crippen LogP contribution in [0.4, 0.5) is 0 Å². The Morgan fingerprint density at radius 3 is 2.42 bits per heavy atom. The molecule has 0 aromatic carbocycles. The van der Waals surface area contributed by atoms with Crippen LogP contribution in [-0.4, -0.2) is 42.1 Å². The van der Waals surface area contributed by atoms with Crippen LogP contribution < -0.4 is 5.73 Å². The van der Waals surface area contributed by atoms with Crippen molar-refractivity contribution < 1.29 is 0 Å². The van der Waals surface area contributed by atoms with Crippen molar-refractivity contribution in [3.8, 4) is 0 Å². The summed E-state index contributed by atoms with van der Waals surface area (Å²) in [6.45, 7) is 5.67. The Bertz CT molecular complexity index is 114. The van der Waals surface area contributed by atoms with Crippen LogP contribution in [0.5, 0.6) is 0 Å². The van der Waals surface area contributed by atoms with Crippen molar-refractivity contribution in [1.29, 1.82) is 0 Å². The highest BCUT2D eigenvalue weighted by atomic mass is 33.1. The van der Waals surface area contributed by atoms with Gasteiger partial charge in [-0.2, -0.15) is 0 Å². The van der Waals surface area contributed by atoms with Gasteiger partial charge in [0.25, 0.3) is 0 Å². The molecule has 1 heterocycles. The highest BCUT2D eigenvalue weighted by molar-refractivity contribution is 8.76. The average Bonchev–Trinajstić information content (AvgIpc) is 2.33. The van der Waals surface area contributed by atoms with E-state index < -0.39 is 0 Å². The first-order valence-electron chi connectivity index (χ1n) is 4.55. The predicted octanol–water partition coefficient (Wildman–Crippen LogP) is 1.42. The van der Waals surface area contributed by atoms with E-state index in [0.29, 0.717) is 6.04 Å². The normalized spacial score (nSPS) is 23.5. The van der Waals surface area contributed by atoms with Gasteiger partial charge in [0.05, 0.1) is 0 Å². The summed E-state index contributed by atoms with van der Waals surface area (Å²) in [4.78, 5) is 2.49. The van der Waals surface area contributed by atoms with E-state index in [1.807, 2.05) is 21.6 Å². The fraction of sp³-hybridized carbons (Fsp3) is 1.00. The van der Waals surface area contributed by atoms with Crippen molar-refractivity contribution in [1.82, 2.24) is 4.90 Å². The van der Waals surface area contributed by atoms with E-state index in [1.165, 1.54) is 24.6 Å². The second-order valence-corrected chi connectivity index (χ2v) is 5.82. The van der Waals surface area contributed by atoms with Crippen LogP contribution in [0.3, 0.4) is 0 Å². The molecule has 1 unspecified atom stereocenters. The minimum atomic E-state index is 0.373. The van der Waals surface area contributed by atoms with E-state index in [1.54, 1.807) is 0 Å². The molecule has 0 radical (unpaired) electrons. The second kappa shape index (κ2) is 6.13. The smallest absolute Gasteiger partial charge is 0.0165 e. The summed E-state index contributed by atoms with van der Waals surface area (Å²) in [5.74, 6) is 2.50. The molecule has 0 aliphatic carbocycles. The first-order chi connectivity index (χ1) is 5.83. The number of hydrogen-bond donors (Lipinski definition) is 1. The Balaban J connectivity index is 2.20. The maximum Gasteiger partial charge on any atom is 0.0165 e. The molecule has 72 valence electrons. The minimum absolute atomic E-state index is 0.373. The topological polar surface area (TPSA) is 29.3 Å². The molecule has 1 atom stereocenters. The van der Waals surface area contributed by atoms with Crippen LogP contribution in [0.15, 0.2) is 0 Å². The van der Waals surface area contributed by atoms with Gasteiger partial charge in [0, 0.05) is 37.2 Å². The summed E-state index contributed by atoms with van der Waals surface area (Å²) in [5.41, 5.74) is 5.90. The van der Waals surface area contributed by atoms with Crippen molar-refractivity contribution in [2.75, 3.05) is 31.1 Å². The van der Waals surface area contributed by atoms with Gasteiger partial charge in [0.2, 0.25) is 0 Å². The first kappa shape index (κ1) is 10.7. The van der Waals surface area contributed by atoms with Crippen LogP contribution in [0.25, 0.3) is 0 Å². The van der Waals surface area contributed by atoms with Crippen LogP contribution in [0, 0.1) is 0 Å². The maximum atomic E-state index is 5.90. The molecule has 4 heteroatoms. The molecule has 2 nitrogen and oxygen atoms in total. The molecule has 0 bridgehead atoms. The number of nitrogens with zero attached hydrogens (tertiary/aromatic N) is 1. The Kier molecular flexibility index (Phi) is 5.47. The van der Waals surface area contributed by atoms with Crippen LogP contribution in [-0.2, 0) is 0 Å². The fourth-order valence-electron chi connectivity index (χ4n) is 1.21. The van der Waals surface area contributed by atoms with E-state index in [9.17, 15) is 0 Å². The van der Waals surface area contributed by atoms with Crippen molar-refractivity contribution >= 4 is 21.6 Å². The van der Waals surface area contributed by atoms with E-state index in [4.69, 9.17) is 5.73 Å². The SMILES string of the molecule is CCC(N)CN1CCSSCC1. The molecule has 0 saturated carbocycles. The lowest BCUT2D eigenvalue weighted by Gasteiger charge is -2.22. The van der Waals surface area contributed by atoms with Crippen LogP contribution in [0.2, 0.25) is 0 Å². The summed E-state index contributed by atoms with van der Waals surface area (Å²) in [6, 6.07) is 0.373. The van der Waals surface area contributed by atoms with Gasteiger partial charge in [-0.25, -0.2) is 0 Å². The minimum Gasteiger partial charge on any atom is -0.327 e. The van der Waals surface area contributed by atoms with E-state index in [-0.39, 0.29) is 0 Å². The molecule has 1 aliphatic rings. The highest BCUT2D eigenvalue weighted by Crippen LogP contribution is 2.23. The summed E-state index contributed by atoms with van der Waals surface area (Å²) in [5, 5.41) is 0. The maximum absolute atomic E-state index is 5.90. The van der Waals surface area contributed by atoms with Gasteiger partial charge < -0.3 is 10.6 Å². The third-order valence-corrected chi connectivity index (χ3v) is 4.45. The predicted molar refractivity (Wildman–Crippen MR) is 59.6 cm³/mol. The Hall–Kier alpha value is 0.620. The first-order valence-corrected chi connectivity index (χ1v) is 7.04. The molecule has 1 fully saturated rings. The van der Waals surface area contributed by atoms with E-state index in [0.717, 1.165) is 13.0 Å². The lowest BCUT2D eigenvalue weighted by Crippen LogP contribution is -2.38. The quantitative estimate of drug-likeness (QED) is 0.707. The lowest BCUT2D eigenvalue weighted by molar-refractivity contribution is 0.286. The molecule has 2 N–H and O–H groups in total. The van der Waals surface area contributed by atoms with Crippen molar-refractivity contribution in [2.24, 2.45) is 5.73 Å². The number of nitrogens with two attached hydrogens (primary N) is 1. The number of rotatable bonds is 3. The zero-order valence-corrected chi connectivity index (χ0v) is 9.29. The van der Waals surface area contributed by atoms with Gasteiger partial charge in [0.15, 0.2) is 0 Å². The third kappa shape index (κ3) is 4.03. The molecule has 1 aliphatic heterocycles. The Morgan fingerprint density at radius 1 is 1.33 bits per heavy atom. The molecule has 1 rings (SSSR count). The van der Waals surface area contributed by atoms with E-state index in [2.05, 4.69) is 11.8 Å². The largest absolute Gasteiger partial charge is 0.327 e. The summed E-state index contributed by atoms with van der Waals surface area (Å²) in [6.07, 6.45) is 1.09. The Labute approximate surface area is 83.0 Å². The fourth-order valence-corrected chi connectivity index (χ4v) is 3.26. The summed E-state index contributed by atoms with van der Waals surface area (Å²) in [7, 11) is 3.98. The van der Waals surface area contributed by atoms with Gasteiger partial charge in [0.1, 0.15) is 0 Å². The lowest BCUT2D eigenvalue weighted by atomic mass is 10.2. The standard InChI is InChI=1S/C8H18N2S2/c1-2-8(9)7-10-3-5-11-12-6-4-10/h8H,2-7,9H2,1H3. The van der Waals surface area contributed by atoms with Gasteiger partial charge in [-0.3, -0.25) is 0 Å². The van der Waals surface area contributed by atoms with Gasteiger partial charge in [-0.05, 0) is 6.42 Å². The van der Waals surface area contributed by atoms with Crippen LogP contribution >= 0.6 is 21.6 Å². The highest BCUT2D eigenvalue weighted by Gasteiger charge is 2.11. The molecule has 1 saturated heterocycles. The van der Waals surface area contributed by atoms with Crippen molar-refractivity contribution in [3.05, 3.63) is 0 Å². The Morgan fingerprint density at radius 2 is 1.92 bits per heavy atom. The average molecular weight is 206 g/mol. The molecular formula is C8H18N2S2. The van der Waals surface area contributed by atoms with Gasteiger partial charge in [-0.15, -0.1) is 0 Å². The van der Waals surface area contributed by atoms with Crippen LogP contribution in [0.1, 0.15) is 13.3 Å². The van der Waals surface area contributed by atoms with Crippen molar-refractivity contribution in [3.63, 3.8) is 0 Å². The summed E-state index contributed by atoms with van der Waals surface area (Å²) < 4.78 is 0. The zero-order valence-electron chi connectivity index (χ0n) is 7.66. The molecule has 0 aromatic rings. The van der Waals surface area contributed by atoms with Gasteiger partial charge >= 0.3 is 0 Å². The van der Waals surface area contributed by atoms with Gasteiger partial charge in [-0.1, -0.05) is 28.5 Å². The molecule has 12 heavy (non-hydrogen) atoms. The molecular weight excluding hydrogens is 188 g/mol. The molecule has 0 aromatic heterocycles. The van der Waals surface area contributed by atoms with E-state index >= 15 is 0 Å². The second-order valence-electron chi connectivity index (χ2n) is 3.11.